The number of aromatic nitrogens is 3. The molecule has 0 amide bonds. The van der Waals surface area contributed by atoms with Crippen LogP contribution in [0.4, 0.5) is 5.82 Å². The molecule has 6 nitrogen and oxygen atoms in total. The molecule has 0 radical (unpaired) electrons. The van der Waals surface area contributed by atoms with Crippen LogP contribution in [0.3, 0.4) is 0 Å². The average molecular weight is 324 g/mol. The normalized spacial score (nSPS) is 12.1. The zero-order chi connectivity index (χ0) is 16.8. The molecular formula is C18H20N4O2. The van der Waals surface area contributed by atoms with E-state index in [-0.39, 0.29) is 0 Å². The fourth-order valence-corrected chi connectivity index (χ4v) is 2.25. The molecule has 0 saturated heterocycles. The summed E-state index contributed by atoms with van der Waals surface area (Å²) in [5.41, 5.74) is 2.02. The van der Waals surface area contributed by atoms with Gasteiger partial charge in [-0.25, -0.2) is 4.98 Å². The molecule has 2 aromatic heterocycles. The van der Waals surface area contributed by atoms with Gasteiger partial charge in [-0.1, -0.05) is 35.5 Å². The Labute approximate surface area is 140 Å². The Bertz CT molecular complexity index is 754. The Morgan fingerprint density at radius 3 is 2.67 bits per heavy atom. The highest BCUT2D eigenvalue weighted by Crippen LogP contribution is 2.18. The topological polar surface area (TPSA) is 84.1 Å². The molecule has 0 aliphatic rings. The van der Waals surface area contributed by atoms with Crippen molar-refractivity contribution in [2.45, 2.75) is 25.9 Å². The van der Waals surface area contributed by atoms with Gasteiger partial charge in [-0.3, -0.25) is 0 Å². The number of hydrogen-bond donors (Lipinski definition) is 2. The second-order valence-corrected chi connectivity index (χ2v) is 5.66. The molecule has 124 valence electrons. The third-order valence-electron chi connectivity index (χ3n) is 3.54. The molecule has 3 aromatic rings. The SMILES string of the molecule is C[C@H](O)CNc1ccc(-c2nc(CCc3ccccc3)no2)cn1. The summed E-state index contributed by atoms with van der Waals surface area (Å²) in [4.78, 5) is 8.70. The van der Waals surface area contributed by atoms with Crippen LogP contribution in [0.2, 0.25) is 0 Å². The first-order valence-corrected chi connectivity index (χ1v) is 7.95. The Morgan fingerprint density at radius 1 is 1.12 bits per heavy atom. The lowest BCUT2D eigenvalue weighted by Crippen LogP contribution is -2.15. The smallest absolute Gasteiger partial charge is 0.259 e. The molecular weight excluding hydrogens is 304 g/mol. The number of anilines is 1. The number of nitrogens with zero attached hydrogens (tertiary/aromatic N) is 3. The maximum absolute atomic E-state index is 9.26. The third kappa shape index (κ3) is 4.39. The predicted molar refractivity (Wildman–Crippen MR) is 91.5 cm³/mol. The van der Waals surface area contributed by atoms with Crippen molar-refractivity contribution in [2.24, 2.45) is 0 Å². The number of aliphatic hydroxyl groups excluding tert-OH is 1. The first-order chi connectivity index (χ1) is 11.7. The van der Waals surface area contributed by atoms with Gasteiger partial charge < -0.3 is 14.9 Å². The molecule has 0 aliphatic heterocycles. The molecule has 2 N–H and O–H groups in total. The van der Waals surface area contributed by atoms with Crippen LogP contribution in [-0.4, -0.2) is 32.9 Å². The van der Waals surface area contributed by atoms with E-state index < -0.39 is 6.10 Å². The molecule has 0 bridgehead atoms. The van der Waals surface area contributed by atoms with E-state index in [2.05, 4.69) is 32.6 Å². The van der Waals surface area contributed by atoms with E-state index >= 15 is 0 Å². The van der Waals surface area contributed by atoms with Gasteiger partial charge >= 0.3 is 0 Å². The maximum atomic E-state index is 9.26. The Morgan fingerprint density at radius 2 is 1.96 bits per heavy atom. The number of aryl methyl sites for hydroxylation is 2. The summed E-state index contributed by atoms with van der Waals surface area (Å²) >= 11 is 0. The summed E-state index contributed by atoms with van der Waals surface area (Å²) in [5.74, 6) is 1.85. The quantitative estimate of drug-likeness (QED) is 0.695. The summed E-state index contributed by atoms with van der Waals surface area (Å²) in [5, 5.41) is 16.3. The zero-order valence-electron chi connectivity index (χ0n) is 13.5. The van der Waals surface area contributed by atoms with Crippen molar-refractivity contribution in [1.29, 1.82) is 0 Å². The van der Waals surface area contributed by atoms with Crippen molar-refractivity contribution in [3.63, 3.8) is 0 Å². The monoisotopic (exact) mass is 324 g/mol. The first-order valence-electron chi connectivity index (χ1n) is 7.95. The van der Waals surface area contributed by atoms with Gasteiger partial charge in [0.25, 0.3) is 5.89 Å². The van der Waals surface area contributed by atoms with Crippen molar-refractivity contribution in [3.05, 3.63) is 60.0 Å². The number of nitrogens with one attached hydrogen (secondary N) is 1. The van der Waals surface area contributed by atoms with Gasteiger partial charge in [-0.05, 0) is 31.0 Å². The van der Waals surface area contributed by atoms with Gasteiger partial charge in [0.05, 0.1) is 11.7 Å². The van der Waals surface area contributed by atoms with Gasteiger partial charge in [-0.15, -0.1) is 0 Å². The first kappa shape index (κ1) is 16.1. The summed E-state index contributed by atoms with van der Waals surface area (Å²) in [6, 6.07) is 13.9. The molecule has 1 atom stereocenters. The molecule has 0 aliphatic carbocycles. The second-order valence-electron chi connectivity index (χ2n) is 5.66. The standard InChI is InChI=1S/C18H20N4O2/c1-13(23)11-19-16-10-8-15(12-20-16)18-21-17(22-24-18)9-7-14-5-3-2-4-6-14/h2-6,8,10,12-13,23H,7,9,11H2,1H3,(H,19,20)/t13-/m0/s1. The molecule has 3 rings (SSSR count). The largest absolute Gasteiger partial charge is 0.392 e. The van der Waals surface area contributed by atoms with Crippen LogP contribution in [0.15, 0.2) is 53.2 Å². The number of rotatable bonds is 7. The van der Waals surface area contributed by atoms with Crippen LogP contribution < -0.4 is 5.32 Å². The molecule has 0 fully saturated rings. The fraction of sp³-hybridized carbons (Fsp3) is 0.278. The number of benzene rings is 1. The molecule has 0 unspecified atom stereocenters. The zero-order valence-corrected chi connectivity index (χ0v) is 13.5. The minimum absolute atomic E-state index is 0.422. The van der Waals surface area contributed by atoms with E-state index in [4.69, 9.17) is 4.52 Å². The Kier molecular flexibility index (Phi) is 5.18. The summed E-state index contributed by atoms with van der Waals surface area (Å²) in [6.45, 7) is 2.17. The number of aliphatic hydroxyl groups is 1. The van der Waals surface area contributed by atoms with E-state index in [1.165, 1.54) is 5.56 Å². The summed E-state index contributed by atoms with van der Waals surface area (Å²) < 4.78 is 5.32. The van der Waals surface area contributed by atoms with Crippen molar-refractivity contribution < 1.29 is 9.63 Å². The maximum Gasteiger partial charge on any atom is 0.259 e. The van der Waals surface area contributed by atoms with Crippen molar-refractivity contribution in [3.8, 4) is 11.5 Å². The third-order valence-corrected chi connectivity index (χ3v) is 3.54. The van der Waals surface area contributed by atoms with Gasteiger partial charge in [-0.2, -0.15) is 4.98 Å². The van der Waals surface area contributed by atoms with E-state index in [0.717, 1.165) is 18.4 Å². The Balaban J connectivity index is 1.60. The lowest BCUT2D eigenvalue weighted by molar-refractivity contribution is 0.208. The highest BCUT2D eigenvalue weighted by atomic mass is 16.5. The lowest BCUT2D eigenvalue weighted by Gasteiger charge is -2.07. The highest BCUT2D eigenvalue weighted by molar-refractivity contribution is 5.54. The van der Waals surface area contributed by atoms with Crippen LogP contribution >= 0.6 is 0 Å². The van der Waals surface area contributed by atoms with Crippen LogP contribution in [0, 0.1) is 0 Å². The average Bonchev–Trinajstić information content (AvgIpc) is 3.08. The van der Waals surface area contributed by atoms with Crippen molar-refractivity contribution in [1.82, 2.24) is 15.1 Å². The predicted octanol–water partition coefficient (Wildman–Crippen LogP) is 2.71. The Hall–Kier alpha value is -2.73. The van der Waals surface area contributed by atoms with E-state index in [1.807, 2.05) is 30.3 Å². The van der Waals surface area contributed by atoms with E-state index in [0.29, 0.717) is 24.1 Å². The van der Waals surface area contributed by atoms with Crippen LogP contribution in [0.1, 0.15) is 18.3 Å². The van der Waals surface area contributed by atoms with Crippen LogP contribution in [-0.2, 0) is 12.8 Å². The fourth-order valence-electron chi connectivity index (χ4n) is 2.25. The highest BCUT2D eigenvalue weighted by Gasteiger charge is 2.09. The number of pyridine rings is 1. The second kappa shape index (κ2) is 7.70. The molecule has 1 aromatic carbocycles. The minimum atomic E-state index is -0.422. The molecule has 0 spiro atoms. The number of hydrogen-bond acceptors (Lipinski definition) is 6. The summed E-state index contributed by atoms with van der Waals surface area (Å²) in [7, 11) is 0. The molecule has 0 saturated carbocycles. The van der Waals surface area contributed by atoms with Gasteiger partial charge in [0.15, 0.2) is 5.82 Å². The van der Waals surface area contributed by atoms with Gasteiger partial charge in [0.1, 0.15) is 5.82 Å². The van der Waals surface area contributed by atoms with Crippen molar-refractivity contribution in [2.75, 3.05) is 11.9 Å². The van der Waals surface area contributed by atoms with E-state index in [9.17, 15) is 5.11 Å². The van der Waals surface area contributed by atoms with Gasteiger partial charge in [0, 0.05) is 19.2 Å². The molecule has 24 heavy (non-hydrogen) atoms. The van der Waals surface area contributed by atoms with E-state index in [1.54, 1.807) is 13.1 Å². The van der Waals surface area contributed by atoms with Crippen LogP contribution in [0.5, 0.6) is 0 Å². The van der Waals surface area contributed by atoms with Crippen LogP contribution in [0.25, 0.3) is 11.5 Å². The molecule has 6 heteroatoms. The summed E-state index contributed by atoms with van der Waals surface area (Å²) in [6.07, 6.45) is 2.86. The van der Waals surface area contributed by atoms with Crippen molar-refractivity contribution >= 4 is 5.82 Å². The minimum Gasteiger partial charge on any atom is -0.392 e. The molecule has 2 heterocycles. The van der Waals surface area contributed by atoms with Gasteiger partial charge in [0.2, 0.25) is 0 Å². The lowest BCUT2D eigenvalue weighted by atomic mass is 10.1.